The molecular weight excluding hydrogens is 344 g/mol. The van der Waals surface area contributed by atoms with Crippen LogP contribution < -0.4 is 5.32 Å². The molecule has 1 aromatic heterocycles. The van der Waals surface area contributed by atoms with Crippen LogP contribution >= 0.6 is 0 Å². The van der Waals surface area contributed by atoms with Crippen molar-refractivity contribution in [2.24, 2.45) is 0 Å². The van der Waals surface area contributed by atoms with Crippen LogP contribution in [0, 0.1) is 0 Å². The molecule has 27 heavy (non-hydrogen) atoms. The Bertz CT molecular complexity index is 791. The fraction of sp³-hybridized carbons (Fsp3) is 0.350. The predicted molar refractivity (Wildman–Crippen MR) is 102 cm³/mol. The number of carbonyl (C=O) groups is 3. The second-order valence-electron chi connectivity index (χ2n) is 6.53. The summed E-state index contributed by atoms with van der Waals surface area (Å²) in [4.78, 5) is 39.3. The maximum absolute atomic E-state index is 12.2. The van der Waals surface area contributed by atoms with Gasteiger partial charge in [0.25, 0.3) is 5.91 Å². The Hall–Kier alpha value is -3.09. The van der Waals surface area contributed by atoms with Gasteiger partial charge in [-0.2, -0.15) is 0 Å². The number of hydrogen-bond acceptors (Lipinski definition) is 3. The van der Waals surface area contributed by atoms with Crippen molar-refractivity contribution in [1.82, 2.24) is 19.7 Å². The van der Waals surface area contributed by atoms with E-state index in [0.29, 0.717) is 38.3 Å². The number of nitrogens with one attached hydrogen (secondary N) is 1. The van der Waals surface area contributed by atoms with E-state index in [1.165, 1.54) is 6.92 Å². The summed E-state index contributed by atoms with van der Waals surface area (Å²) < 4.78 is 1.96. The molecule has 7 nitrogen and oxygen atoms in total. The highest BCUT2D eigenvalue weighted by atomic mass is 16.2. The Morgan fingerprint density at radius 1 is 0.926 bits per heavy atom. The van der Waals surface area contributed by atoms with Gasteiger partial charge in [0.2, 0.25) is 11.8 Å². The molecule has 142 valence electrons. The summed E-state index contributed by atoms with van der Waals surface area (Å²) in [5.74, 6) is -0.151. The number of carbonyl (C=O) groups excluding carboxylic acids is 3. The molecule has 1 aliphatic rings. The summed E-state index contributed by atoms with van der Waals surface area (Å²) in [7, 11) is 0. The molecule has 1 aromatic carbocycles. The first-order chi connectivity index (χ1) is 13.0. The zero-order valence-corrected chi connectivity index (χ0v) is 15.4. The van der Waals surface area contributed by atoms with Crippen molar-refractivity contribution in [3.05, 3.63) is 54.4 Å². The van der Waals surface area contributed by atoms with Crippen LogP contribution in [0.2, 0.25) is 0 Å². The van der Waals surface area contributed by atoms with E-state index in [1.807, 2.05) is 41.2 Å². The summed E-state index contributed by atoms with van der Waals surface area (Å²) in [5.41, 5.74) is 1.55. The molecule has 0 bridgehead atoms. The van der Waals surface area contributed by atoms with E-state index in [2.05, 4.69) is 5.32 Å². The highest BCUT2D eigenvalue weighted by molar-refractivity contribution is 5.94. The summed E-state index contributed by atoms with van der Waals surface area (Å²) in [6.45, 7) is 4.07. The number of amides is 3. The third-order valence-electron chi connectivity index (χ3n) is 4.73. The number of hydrogen-bond donors (Lipinski definition) is 1. The SMILES string of the molecule is CC(=O)N1CCN(C(=O)CCNC(=O)c2ccc(-n3cccc3)cc2)CC1. The minimum atomic E-state index is -0.191. The third kappa shape index (κ3) is 4.75. The first kappa shape index (κ1) is 18.7. The van der Waals surface area contributed by atoms with Crippen molar-refractivity contribution in [2.75, 3.05) is 32.7 Å². The zero-order chi connectivity index (χ0) is 19.2. The Morgan fingerprint density at radius 2 is 1.52 bits per heavy atom. The van der Waals surface area contributed by atoms with Crippen LogP contribution in [0.1, 0.15) is 23.7 Å². The highest BCUT2D eigenvalue weighted by Gasteiger charge is 2.22. The van der Waals surface area contributed by atoms with Crippen molar-refractivity contribution in [1.29, 1.82) is 0 Å². The van der Waals surface area contributed by atoms with Crippen LogP contribution in [0.5, 0.6) is 0 Å². The fourth-order valence-corrected chi connectivity index (χ4v) is 3.11. The van der Waals surface area contributed by atoms with Gasteiger partial charge in [-0.3, -0.25) is 14.4 Å². The number of benzene rings is 1. The molecule has 0 spiro atoms. The first-order valence-electron chi connectivity index (χ1n) is 9.09. The van der Waals surface area contributed by atoms with Crippen molar-refractivity contribution in [3.8, 4) is 5.69 Å². The van der Waals surface area contributed by atoms with E-state index in [-0.39, 0.29) is 24.1 Å². The molecule has 0 unspecified atom stereocenters. The van der Waals surface area contributed by atoms with Gasteiger partial charge in [-0.05, 0) is 36.4 Å². The Labute approximate surface area is 158 Å². The average Bonchev–Trinajstić information content (AvgIpc) is 3.23. The van der Waals surface area contributed by atoms with Crippen LogP contribution in [-0.2, 0) is 9.59 Å². The Kier molecular flexibility index (Phi) is 5.90. The average molecular weight is 368 g/mol. The molecule has 0 aliphatic carbocycles. The normalized spacial score (nSPS) is 14.1. The second kappa shape index (κ2) is 8.53. The quantitative estimate of drug-likeness (QED) is 0.864. The van der Waals surface area contributed by atoms with Gasteiger partial charge in [0.05, 0.1) is 0 Å². The topological polar surface area (TPSA) is 74.7 Å². The lowest BCUT2D eigenvalue weighted by atomic mass is 10.2. The minimum Gasteiger partial charge on any atom is -0.352 e. The largest absolute Gasteiger partial charge is 0.352 e. The maximum atomic E-state index is 12.2. The van der Waals surface area contributed by atoms with E-state index in [1.54, 1.807) is 21.9 Å². The summed E-state index contributed by atoms with van der Waals surface area (Å²) in [5, 5.41) is 2.79. The molecule has 0 atom stereocenters. The number of rotatable bonds is 5. The molecule has 2 aromatic rings. The zero-order valence-electron chi connectivity index (χ0n) is 15.4. The van der Waals surface area contributed by atoms with Gasteiger partial charge < -0.3 is 19.7 Å². The molecule has 0 radical (unpaired) electrons. The van der Waals surface area contributed by atoms with E-state index in [9.17, 15) is 14.4 Å². The molecular formula is C20H24N4O3. The minimum absolute atomic E-state index is 0.00135. The van der Waals surface area contributed by atoms with Crippen LogP contribution in [0.25, 0.3) is 5.69 Å². The molecule has 7 heteroatoms. The maximum Gasteiger partial charge on any atom is 0.251 e. The number of nitrogens with zero attached hydrogens (tertiary/aromatic N) is 3. The van der Waals surface area contributed by atoms with E-state index in [4.69, 9.17) is 0 Å². The molecule has 2 heterocycles. The van der Waals surface area contributed by atoms with Gasteiger partial charge >= 0.3 is 0 Å². The van der Waals surface area contributed by atoms with Crippen LogP contribution in [0.4, 0.5) is 0 Å². The Balaban J connectivity index is 1.43. The summed E-state index contributed by atoms with van der Waals surface area (Å²) in [6.07, 6.45) is 4.14. The van der Waals surface area contributed by atoms with Gasteiger partial charge in [-0.25, -0.2) is 0 Å². The van der Waals surface area contributed by atoms with Crippen molar-refractivity contribution < 1.29 is 14.4 Å². The first-order valence-corrected chi connectivity index (χ1v) is 9.09. The standard InChI is InChI=1S/C20H24N4O3/c1-16(25)22-12-14-24(15-13-22)19(26)8-9-21-20(27)17-4-6-18(7-5-17)23-10-2-3-11-23/h2-7,10-11H,8-9,12-15H2,1H3,(H,21,27). The van der Waals surface area contributed by atoms with Crippen molar-refractivity contribution in [3.63, 3.8) is 0 Å². The fourth-order valence-electron chi connectivity index (χ4n) is 3.11. The molecule has 0 saturated carbocycles. The van der Waals surface area contributed by atoms with Crippen molar-refractivity contribution in [2.45, 2.75) is 13.3 Å². The van der Waals surface area contributed by atoms with Gasteiger partial charge in [-0.1, -0.05) is 0 Å². The summed E-state index contributed by atoms with van der Waals surface area (Å²) in [6, 6.07) is 11.2. The lowest BCUT2D eigenvalue weighted by Gasteiger charge is -2.34. The lowest BCUT2D eigenvalue weighted by molar-refractivity contribution is -0.138. The van der Waals surface area contributed by atoms with Gasteiger partial charge in [-0.15, -0.1) is 0 Å². The molecule has 1 aliphatic heterocycles. The smallest absolute Gasteiger partial charge is 0.251 e. The third-order valence-corrected chi connectivity index (χ3v) is 4.73. The number of piperazine rings is 1. The van der Waals surface area contributed by atoms with Gasteiger partial charge in [0.1, 0.15) is 0 Å². The summed E-state index contributed by atoms with van der Waals surface area (Å²) >= 11 is 0. The van der Waals surface area contributed by atoms with Gasteiger partial charge in [0, 0.05) is 69.7 Å². The molecule has 3 amide bonds. The molecule has 1 saturated heterocycles. The van der Waals surface area contributed by atoms with Crippen LogP contribution in [-0.4, -0.2) is 64.8 Å². The van der Waals surface area contributed by atoms with E-state index in [0.717, 1.165) is 5.69 Å². The highest BCUT2D eigenvalue weighted by Crippen LogP contribution is 2.10. The second-order valence-corrected chi connectivity index (χ2v) is 6.53. The number of aromatic nitrogens is 1. The Morgan fingerprint density at radius 3 is 2.11 bits per heavy atom. The van der Waals surface area contributed by atoms with Crippen molar-refractivity contribution >= 4 is 17.7 Å². The van der Waals surface area contributed by atoms with E-state index < -0.39 is 0 Å². The lowest BCUT2D eigenvalue weighted by Crippen LogP contribution is -2.50. The molecule has 1 N–H and O–H groups in total. The molecule has 3 rings (SSSR count). The van der Waals surface area contributed by atoms with E-state index >= 15 is 0 Å². The van der Waals surface area contributed by atoms with Crippen LogP contribution in [0.3, 0.4) is 0 Å². The predicted octanol–water partition coefficient (Wildman–Crippen LogP) is 1.29. The van der Waals surface area contributed by atoms with Gasteiger partial charge in [0.15, 0.2) is 0 Å². The monoisotopic (exact) mass is 368 g/mol. The molecule has 1 fully saturated rings. The van der Waals surface area contributed by atoms with Crippen LogP contribution in [0.15, 0.2) is 48.8 Å².